The van der Waals surface area contributed by atoms with E-state index in [-0.39, 0.29) is 24.1 Å². The monoisotopic (exact) mass is 284 g/mol. The van der Waals surface area contributed by atoms with Crippen LogP contribution in [-0.2, 0) is 7.05 Å². The Bertz CT molecular complexity index is 692. The predicted molar refractivity (Wildman–Crippen MR) is 81.1 cm³/mol. The Balaban J connectivity index is 1.74. The molecule has 0 aliphatic carbocycles. The van der Waals surface area contributed by atoms with Crippen molar-refractivity contribution in [3.8, 4) is 0 Å². The number of hydrogen-bond acceptors (Lipinski definition) is 2. The van der Waals surface area contributed by atoms with Crippen molar-refractivity contribution >= 4 is 16.8 Å². The summed E-state index contributed by atoms with van der Waals surface area (Å²) in [5.74, 6) is 0.131. The van der Waals surface area contributed by atoms with Crippen molar-refractivity contribution in [1.29, 1.82) is 0 Å². The molecule has 3 heterocycles. The topological polar surface area (TPSA) is 45.5 Å². The zero-order valence-electron chi connectivity index (χ0n) is 12.2. The molecule has 2 aliphatic rings. The van der Waals surface area contributed by atoms with Gasteiger partial charge in [0.1, 0.15) is 0 Å². The quantitative estimate of drug-likeness (QED) is 0.873. The molecular formula is C17H20N2O2. The zero-order valence-corrected chi connectivity index (χ0v) is 12.2. The van der Waals surface area contributed by atoms with E-state index >= 15 is 0 Å². The van der Waals surface area contributed by atoms with Gasteiger partial charge < -0.3 is 14.6 Å². The van der Waals surface area contributed by atoms with Gasteiger partial charge in [-0.05, 0) is 31.7 Å². The number of piperidine rings is 1. The second kappa shape index (κ2) is 4.60. The van der Waals surface area contributed by atoms with Crippen molar-refractivity contribution in [3.05, 3.63) is 36.0 Å². The molecule has 0 saturated carbocycles. The third kappa shape index (κ3) is 1.89. The highest BCUT2D eigenvalue weighted by Crippen LogP contribution is 2.37. The highest BCUT2D eigenvalue weighted by atomic mass is 16.3. The summed E-state index contributed by atoms with van der Waals surface area (Å²) in [6.45, 7) is 0. The van der Waals surface area contributed by atoms with Crippen molar-refractivity contribution in [2.24, 2.45) is 7.05 Å². The maximum Gasteiger partial charge on any atom is 0.256 e. The van der Waals surface area contributed by atoms with Crippen LogP contribution in [0.3, 0.4) is 0 Å². The average Bonchev–Trinajstić information content (AvgIpc) is 2.95. The van der Waals surface area contributed by atoms with E-state index in [2.05, 4.69) is 0 Å². The molecule has 0 radical (unpaired) electrons. The predicted octanol–water partition coefficient (Wildman–Crippen LogP) is 2.31. The summed E-state index contributed by atoms with van der Waals surface area (Å²) in [5.41, 5.74) is 1.88. The van der Waals surface area contributed by atoms with Gasteiger partial charge in [-0.2, -0.15) is 0 Å². The van der Waals surface area contributed by atoms with Crippen LogP contribution in [0, 0.1) is 0 Å². The SMILES string of the molecule is Cn1cc(C(=O)N2C3CCC2CC(O)C3)c2ccccc21. The lowest BCUT2D eigenvalue weighted by molar-refractivity contribution is 0.0288. The number of aliphatic hydroxyl groups excluding tert-OH is 1. The number of fused-ring (bicyclic) bond motifs is 3. The third-order valence-corrected chi connectivity index (χ3v) is 5.07. The van der Waals surface area contributed by atoms with E-state index in [1.54, 1.807) is 0 Å². The van der Waals surface area contributed by atoms with Crippen LogP contribution in [0.25, 0.3) is 10.9 Å². The van der Waals surface area contributed by atoms with Gasteiger partial charge in [-0.25, -0.2) is 0 Å². The summed E-state index contributed by atoms with van der Waals surface area (Å²) in [7, 11) is 1.98. The molecule has 2 saturated heterocycles. The van der Waals surface area contributed by atoms with E-state index in [0.717, 1.165) is 42.1 Å². The van der Waals surface area contributed by atoms with E-state index in [1.807, 2.05) is 47.0 Å². The molecule has 1 aromatic carbocycles. The molecule has 1 amide bonds. The number of rotatable bonds is 1. The minimum atomic E-state index is -0.237. The van der Waals surface area contributed by atoms with Gasteiger partial charge in [0, 0.05) is 36.2 Å². The lowest BCUT2D eigenvalue weighted by Gasteiger charge is -2.37. The first-order chi connectivity index (χ1) is 10.1. The number of amides is 1. The molecule has 2 aromatic rings. The van der Waals surface area contributed by atoms with Gasteiger partial charge >= 0.3 is 0 Å². The maximum absolute atomic E-state index is 13.0. The van der Waals surface area contributed by atoms with Crippen molar-refractivity contribution in [1.82, 2.24) is 9.47 Å². The Hall–Kier alpha value is -1.81. The summed E-state index contributed by atoms with van der Waals surface area (Å²) in [5, 5.41) is 10.9. The highest BCUT2D eigenvalue weighted by Gasteiger charge is 2.43. The van der Waals surface area contributed by atoms with Gasteiger partial charge in [0.05, 0.1) is 11.7 Å². The Kier molecular flexibility index (Phi) is 2.82. The number of hydrogen-bond donors (Lipinski definition) is 1. The summed E-state index contributed by atoms with van der Waals surface area (Å²) in [6.07, 6.45) is 5.22. The second-order valence-corrected chi connectivity index (χ2v) is 6.39. The first-order valence-electron chi connectivity index (χ1n) is 7.70. The van der Waals surface area contributed by atoms with Crippen molar-refractivity contribution < 1.29 is 9.90 Å². The lowest BCUT2D eigenvalue weighted by atomic mass is 9.98. The van der Waals surface area contributed by atoms with Gasteiger partial charge in [0.25, 0.3) is 5.91 Å². The van der Waals surface area contributed by atoms with Gasteiger partial charge in [-0.3, -0.25) is 4.79 Å². The van der Waals surface area contributed by atoms with E-state index in [4.69, 9.17) is 0 Å². The number of para-hydroxylation sites is 1. The van der Waals surface area contributed by atoms with Gasteiger partial charge in [-0.15, -0.1) is 0 Å². The largest absolute Gasteiger partial charge is 0.393 e. The Morgan fingerprint density at radius 2 is 1.86 bits per heavy atom. The molecule has 4 rings (SSSR count). The van der Waals surface area contributed by atoms with E-state index in [9.17, 15) is 9.90 Å². The summed E-state index contributed by atoms with van der Waals surface area (Å²) < 4.78 is 2.02. The van der Waals surface area contributed by atoms with Crippen LogP contribution in [0.4, 0.5) is 0 Å². The molecular weight excluding hydrogens is 264 g/mol. The maximum atomic E-state index is 13.0. The van der Waals surface area contributed by atoms with E-state index < -0.39 is 0 Å². The molecule has 21 heavy (non-hydrogen) atoms. The molecule has 2 unspecified atom stereocenters. The zero-order chi connectivity index (χ0) is 14.6. The molecule has 2 bridgehead atoms. The van der Waals surface area contributed by atoms with Crippen LogP contribution in [-0.4, -0.2) is 38.7 Å². The Morgan fingerprint density at radius 3 is 2.57 bits per heavy atom. The minimum Gasteiger partial charge on any atom is -0.393 e. The number of carbonyl (C=O) groups is 1. The first-order valence-corrected chi connectivity index (χ1v) is 7.70. The third-order valence-electron chi connectivity index (χ3n) is 5.07. The van der Waals surface area contributed by atoms with Crippen molar-refractivity contribution in [2.75, 3.05) is 0 Å². The fraction of sp³-hybridized carbons (Fsp3) is 0.471. The number of aromatic nitrogens is 1. The number of aliphatic hydroxyl groups is 1. The molecule has 2 aliphatic heterocycles. The Labute approximate surface area is 124 Å². The number of carbonyl (C=O) groups excluding carboxylic acids is 1. The minimum absolute atomic E-state index is 0.131. The molecule has 1 aromatic heterocycles. The van der Waals surface area contributed by atoms with Crippen molar-refractivity contribution in [3.63, 3.8) is 0 Å². The normalized spacial score (nSPS) is 28.3. The van der Waals surface area contributed by atoms with Crippen LogP contribution in [0.1, 0.15) is 36.0 Å². The van der Waals surface area contributed by atoms with E-state index in [0.29, 0.717) is 0 Å². The molecule has 0 spiro atoms. The summed E-state index contributed by atoms with van der Waals surface area (Å²) in [4.78, 5) is 15.1. The number of aryl methyl sites for hydroxylation is 1. The molecule has 4 heteroatoms. The molecule has 2 atom stereocenters. The lowest BCUT2D eigenvalue weighted by Crippen LogP contribution is -2.47. The highest BCUT2D eigenvalue weighted by molar-refractivity contribution is 6.07. The number of benzene rings is 1. The Morgan fingerprint density at radius 1 is 1.19 bits per heavy atom. The van der Waals surface area contributed by atoms with Gasteiger partial charge in [0.2, 0.25) is 0 Å². The van der Waals surface area contributed by atoms with Crippen molar-refractivity contribution in [2.45, 2.75) is 43.9 Å². The summed E-state index contributed by atoms with van der Waals surface area (Å²) in [6, 6.07) is 8.46. The van der Waals surface area contributed by atoms with Gasteiger partial charge in [0.15, 0.2) is 0 Å². The standard InChI is InChI=1S/C17H20N2O2/c1-18-10-15(14-4-2-3-5-16(14)18)17(21)19-11-6-7-12(19)9-13(20)8-11/h2-5,10-13,20H,6-9H2,1H3. The fourth-order valence-corrected chi connectivity index (χ4v) is 4.13. The smallest absolute Gasteiger partial charge is 0.256 e. The molecule has 1 N–H and O–H groups in total. The summed E-state index contributed by atoms with van der Waals surface area (Å²) >= 11 is 0. The van der Waals surface area contributed by atoms with Crippen LogP contribution in [0.2, 0.25) is 0 Å². The molecule has 2 fully saturated rings. The molecule has 4 nitrogen and oxygen atoms in total. The molecule has 110 valence electrons. The second-order valence-electron chi connectivity index (χ2n) is 6.39. The van der Waals surface area contributed by atoms with Crippen LogP contribution < -0.4 is 0 Å². The average molecular weight is 284 g/mol. The number of nitrogens with zero attached hydrogens (tertiary/aromatic N) is 2. The fourth-order valence-electron chi connectivity index (χ4n) is 4.13. The van der Waals surface area contributed by atoms with E-state index in [1.165, 1.54) is 0 Å². The first kappa shape index (κ1) is 12.9. The van der Waals surface area contributed by atoms with Crippen LogP contribution in [0.5, 0.6) is 0 Å². The van der Waals surface area contributed by atoms with Crippen LogP contribution in [0.15, 0.2) is 30.5 Å². The van der Waals surface area contributed by atoms with Crippen LogP contribution >= 0.6 is 0 Å². The van der Waals surface area contributed by atoms with Gasteiger partial charge in [-0.1, -0.05) is 18.2 Å².